The topological polar surface area (TPSA) is 55.4 Å². The minimum absolute atomic E-state index is 0.0433. The van der Waals surface area contributed by atoms with Gasteiger partial charge in [0.1, 0.15) is 5.75 Å². The van der Waals surface area contributed by atoms with E-state index in [0.29, 0.717) is 18.2 Å². The number of nitrogens with one attached hydrogen (secondary N) is 1. The Labute approximate surface area is 127 Å². The van der Waals surface area contributed by atoms with E-state index in [-0.39, 0.29) is 24.2 Å². The largest absolute Gasteiger partial charge is 0.425 e. The van der Waals surface area contributed by atoms with Crippen molar-refractivity contribution in [2.45, 2.75) is 26.7 Å². The Morgan fingerprint density at radius 2 is 2.15 bits per heavy atom. The first-order chi connectivity index (χ1) is 9.47. The Kier molecular flexibility index (Phi) is 4.81. The lowest BCUT2D eigenvalue weighted by Crippen LogP contribution is -2.28. The summed E-state index contributed by atoms with van der Waals surface area (Å²) in [7, 11) is 0. The van der Waals surface area contributed by atoms with Crippen LogP contribution in [0.4, 0.5) is 0 Å². The number of hydrogen-bond acceptors (Lipinski definition) is 3. The standard InChI is InChI=1S/C15H18BrNO3/c1-9-3-4-13(12(16)7-9)20-14(18)5-6-17-15(19)11-8-10(11)2/h3-4,7,10-11H,5-6,8H2,1-2H3,(H,17,19)/t10-,11+/m1/s1. The fourth-order valence-corrected chi connectivity index (χ4v) is 2.54. The molecule has 0 radical (unpaired) electrons. The van der Waals surface area contributed by atoms with E-state index in [1.165, 1.54) is 0 Å². The molecule has 108 valence electrons. The van der Waals surface area contributed by atoms with Crippen molar-refractivity contribution in [2.24, 2.45) is 11.8 Å². The first-order valence-corrected chi connectivity index (χ1v) is 7.51. The Balaban J connectivity index is 1.73. The van der Waals surface area contributed by atoms with Gasteiger partial charge in [-0.1, -0.05) is 13.0 Å². The van der Waals surface area contributed by atoms with Crippen LogP contribution in [0.1, 0.15) is 25.3 Å². The molecule has 1 aliphatic carbocycles. The van der Waals surface area contributed by atoms with Gasteiger partial charge in [-0.15, -0.1) is 0 Å². The fraction of sp³-hybridized carbons (Fsp3) is 0.467. The maximum Gasteiger partial charge on any atom is 0.313 e. The number of hydrogen-bond donors (Lipinski definition) is 1. The van der Waals surface area contributed by atoms with Crippen LogP contribution in [0.3, 0.4) is 0 Å². The highest BCUT2D eigenvalue weighted by atomic mass is 79.9. The van der Waals surface area contributed by atoms with Gasteiger partial charge in [-0.3, -0.25) is 9.59 Å². The SMILES string of the molecule is Cc1ccc(OC(=O)CCNC(=O)[C@H]2C[C@H]2C)c(Br)c1. The second-order valence-electron chi connectivity index (χ2n) is 5.27. The van der Waals surface area contributed by atoms with E-state index >= 15 is 0 Å². The van der Waals surface area contributed by atoms with Gasteiger partial charge in [-0.05, 0) is 52.9 Å². The van der Waals surface area contributed by atoms with Gasteiger partial charge in [0, 0.05) is 12.5 Å². The molecule has 0 aromatic heterocycles. The molecule has 0 bridgehead atoms. The Morgan fingerprint density at radius 1 is 1.45 bits per heavy atom. The number of amides is 1. The minimum Gasteiger partial charge on any atom is -0.425 e. The lowest BCUT2D eigenvalue weighted by atomic mass is 10.2. The minimum atomic E-state index is -0.348. The van der Waals surface area contributed by atoms with Crippen LogP contribution in [-0.4, -0.2) is 18.4 Å². The van der Waals surface area contributed by atoms with Crippen LogP contribution in [0.5, 0.6) is 5.75 Å². The molecule has 2 rings (SSSR count). The number of halogens is 1. The van der Waals surface area contributed by atoms with Crippen LogP contribution in [0.25, 0.3) is 0 Å². The van der Waals surface area contributed by atoms with E-state index < -0.39 is 0 Å². The molecule has 0 heterocycles. The molecular weight excluding hydrogens is 322 g/mol. The molecule has 2 atom stereocenters. The van der Waals surface area contributed by atoms with E-state index in [2.05, 4.69) is 21.2 Å². The quantitative estimate of drug-likeness (QED) is 0.662. The van der Waals surface area contributed by atoms with Crippen LogP contribution in [0.15, 0.2) is 22.7 Å². The van der Waals surface area contributed by atoms with Crippen molar-refractivity contribution in [2.75, 3.05) is 6.54 Å². The molecular formula is C15H18BrNO3. The van der Waals surface area contributed by atoms with Gasteiger partial charge in [0.25, 0.3) is 0 Å². The smallest absolute Gasteiger partial charge is 0.313 e. The van der Waals surface area contributed by atoms with Crippen molar-refractivity contribution in [1.82, 2.24) is 5.32 Å². The van der Waals surface area contributed by atoms with Crippen molar-refractivity contribution in [1.29, 1.82) is 0 Å². The summed E-state index contributed by atoms with van der Waals surface area (Å²) < 4.78 is 5.99. The fourth-order valence-electron chi connectivity index (χ4n) is 1.97. The van der Waals surface area contributed by atoms with Crippen LogP contribution in [-0.2, 0) is 9.59 Å². The second kappa shape index (κ2) is 6.39. The average Bonchev–Trinajstić information content (AvgIpc) is 3.10. The van der Waals surface area contributed by atoms with Crippen LogP contribution >= 0.6 is 15.9 Å². The van der Waals surface area contributed by atoms with Gasteiger partial charge in [0.05, 0.1) is 10.9 Å². The summed E-state index contributed by atoms with van der Waals surface area (Å²) in [5.41, 5.74) is 1.09. The summed E-state index contributed by atoms with van der Waals surface area (Å²) in [6.45, 7) is 4.34. The predicted octanol–water partition coefficient (Wildman–Crippen LogP) is 2.83. The molecule has 0 spiro atoms. The van der Waals surface area contributed by atoms with Gasteiger partial charge in [-0.25, -0.2) is 0 Å². The molecule has 1 saturated carbocycles. The second-order valence-corrected chi connectivity index (χ2v) is 6.12. The molecule has 1 aromatic rings. The summed E-state index contributed by atoms with van der Waals surface area (Å²) in [5.74, 6) is 0.811. The van der Waals surface area contributed by atoms with Crippen molar-refractivity contribution in [3.8, 4) is 5.75 Å². The Morgan fingerprint density at radius 3 is 2.75 bits per heavy atom. The highest BCUT2D eigenvalue weighted by Gasteiger charge is 2.38. The van der Waals surface area contributed by atoms with Crippen LogP contribution in [0, 0.1) is 18.8 Å². The summed E-state index contributed by atoms with van der Waals surface area (Å²) in [6.07, 6.45) is 1.12. The monoisotopic (exact) mass is 339 g/mol. The molecule has 5 heteroatoms. The zero-order valence-corrected chi connectivity index (χ0v) is 13.2. The van der Waals surface area contributed by atoms with Gasteiger partial charge in [-0.2, -0.15) is 0 Å². The van der Waals surface area contributed by atoms with E-state index in [0.717, 1.165) is 16.5 Å². The number of carbonyl (C=O) groups excluding carboxylic acids is 2. The molecule has 20 heavy (non-hydrogen) atoms. The van der Waals surface area contributed by atoms with Gasteiger partial charge in [0.2, 0.25) is 5.91 Å². The van der Waals surface area contributed by atoms with E-state index in [1.54, 1.807) is 6.07 Å². The lowest BCUT2D eigenvalue weighted by molar-refractivity contribution is -0.134. The summed E-state index contributed by atoms with van der Waals surface area (Å²) in [6, 6.07) is 5.52. The highest BCUT2D eigenvalue weighted by Crippen LogP contribution is 2.37. The lowest BCUT2D eigenvalue weighted by Gasteiger charge is -2.08. The Hall–Kier alpha value is -1.36. The number of carbonyl (C=O) groups is 2. The average molecular weight is 340 g/mol. The summed E-state index contributed by atoms with van der Waals surface area (Å²) in [4.78, 5) is 23.3. The summed E-state index contributed by atoms with van der Waals surface area (Å²) >= 11 is 3.35. The third kappa shape index (κ3) is 4.07. The zero-order valence-electron chi connectivity index (χ0n) is 11.6. The van der Waals surface area contributed by atoms with Crippen molar-refractivity contribution in [3.63, 3.8) is 0 Å². The maximum atomic E-state index is 11.7. The van der Waals surface area contributed by atoms with Crippen molar-refractivity contribution >= 4 is 27.8 Å². The van der Waals surface area contributed by atoms with Gasteiger partial charge >= 0.3 is 5.97 Å². The molecule has 1 fully saturated rings. The van der Waals surface area contributed by atoms with Gasteiger partial charge in [0.15, 0.2) is 0 Å². The Bertz CT molecular complexity index is 530. The molecule has 0 aliphatic heterocycles. The number of aryl methyl sites for hydroxylation is 1. The van der Waals surface area contributed by atoms with E-state index in [9.17, 15) is 9.59 Å². The molecule has 0 unspecified atom stereocenters. The highest BCUT2D eigenvalue weighted by molar-refractivity contribution is 9.10. The van der Waals surface area contributed by atoms with Gasteiger partial charge < -0.3 is 10.1 Å². The molecule has 1 aliphatic rings. The number of esters is 1. The van der Waals surface area contributed by atoms with Crippen LogP contribution < -0.4 is 10.1 Å². The predicted molar refractivity (Wildman–Crippen MR) is 79.4 cm³/mol. The molecule has 0 saturated heterocycles. The molecule has 1 N–H and O–H groups in total. The first kappa shape index (κ1) is 15.0. The van der Waals surface area contributed by atoms with E-state index in [4.69, 9.17) is 4.74 Å². The molecule has 4 nitrogen and oxygen atoms in total. The van der Waals surface area contributed by atoms with Crippen molar-refractivity contribution in [3.05, 3.63) is 28.2 Å². The summed E-state index contributed by atoms with van der Waals surface area (Å²) in [5, 5.41) is 2.76. The first-order valence-electron chi connectivity index (χ1n) is 6.72. The normalized spacial score (nSPS) is 20.4. The van der Waals surface area contributed by atoms with E-state index in [1.807, 2.05) is 26.0 Å². The third-order valence-corrected chi connectivity index (χ3v) is 4.01. The zero-order chi connectivity index (χ0) is 14.7. The van der Waals surface area contributed by atoms with Crippen LogP contribution in [0.2, 0.25) is 0 Å². The maximum absolute atomic E-state index is 11.7. The molecule has 1 amide bonds. The molecule has 1 aromatic carbocycles. The number of ether oxygens (including phenoxy) is 1. The number of benzene rings is 1. The number of rotatable bonds is 5. The van der Waals surface area contributed by atoms with Crippen molar-refractivity contribution < 1.29 is 14.3 Å². The third-order valence-electron chi connectivity index (χ3n) is 3.39.